The monoisotopic (exact) mass is 321 g/mol. The minimum Gasteiger partial charge on any atom is -0.354 e. The summed E-state index contributed by atoms with van der Waals surface area (Å²) in [5.41, 5.74) is 4.97. The van der Waals surface area contributed by atoms with Gasteiger partial charge in [0.05, 0.1) is 0 Å². The van der Waals surface area contributed by atoms with Gasteiger partial charge in [0.1, 0.15) is 0 Å². The average Bonchev–Trinajstić information content (AvgIpc) is 3.07. The van der Waals surface area contributed by atoms with Crippen molar-refractivity contribution in [1.82, 2.24) is 4.98 Å². The van der Waals surface area contributed by atoms with Crippen LogP contribution in [0.3, 0.4) is 0 Å². The van der Waals surface area contributed by atoms with Gasteiger partial charge in [-0.05, 0) is 34.0 Å². The van der Waals surface area contributed by atoms with E-state index in [9.17, 15) is 4.79 Å². The summed E-state index contributed by atoms with van der Waals surface area (Å²) in [6.45, 7) is 0. The Morgan fingerprint density at radius 3 is 2.32 bits per heavy atom. The molecule has 25 heavy (non-hydrogen) atoms. The lowest BCUT2D eigenvalue weighted by Gasteiger charge is -2.08. The topological polar surface area (TPSA) is 32.9 Å². The van der Waals surface area contributed by atoms with Gasteiger partial charge >= 0.3 is 0 Å². The van der Waals surface area contributed by atoms with Gasteiger partial charge in [0.15, 0.2) is 6.29 Å². The lowest BCUT2D eigenvalue weighted by molar-refractivity contribution is 0.112. The molecule has 0 aliphatic carbocycles. The lowest BCUT2D eigenvalue weighted by Crippen LogP contribution is -1.87. The van der Waals surface area contributed by atoms with Crippen LogP contribution < -0.4 is 0 Å². The van der Waals surface area contributed by atoms with E-state index < -0.39 is 0 Å². The van der Waals surface area contributed by atoms with E-state index in [0.717, 1.165) is 28.4 Å². The first-order valence-electron chi connectivity index (χ1n) is 8.33. The Balaban J connectivity index is 2.01. The third-order valence-corrected chi connectivity index (χ3v) is 4.89. The van der Waals surface area contributed by atoms with E-state index in [0.29, 0.717) is 5.56 Å². The Bertz CT molecular complexity index is 1260. The van der Waals surface area contributed by atoms with Crippen molar-refractivity contribution in [3.8, 4) is 11.1 Å². The third-order valence-electron chi connectivity index (χ3n) is 4.89. The van der Waals surface area contributed by atoms with Gasteiger partial charge in [-0.2, -0.15) is 0 Å². The van der Waals surface area contributed by atoms with E-state index in [1.165, 1.54) is 21.5 Å². The minimum atomic E-state index is 0.713. The average molecular weight is 321 g/mol. The zero-order chi connectivity index (χ0) is 16.8. The number of carbonyl (C=O) groups is 1. The summed E-state index contributed by atoms with van der Waals surface area (Å²) in [5.74, 6) is 0. The second-order valence-corrected chi connectivity index (χ2v) is 6.27. The molecule has 5 aromatic rings. The lowest BCUT2D eigenvalue weighted by atomic mass is 9.94. The number of aldehydes is 1. The molecule has 5 rings (SSSR count). The standard InChI is InChI=1S/C23H15NO/c25-14-16-7-2-3-8-17(16)19-10-5-11-20-23(19)22-18-9-4-1-6-15(18)12-13-21(22)24-20/h1-14,24H. The molecule has 1 N–H and O–H groups in total. The summed E-state index contributed by atoms with van der Waals surface area (Å²) in [6, 6.07) is 26.7. The van der Waals surface area contributed by atoms with Crippen molar-refractivity contribution < 1.29 is 4.79 Å². The van der Waals surface area contributed by atoms with Gasteiger partial charge in [-0.1, -0.05) is 66.7 Å². The summed E-state index contributed by atoms with van der Waals surface area (Å²) >= 11 is 0. The number of benzene rings is 4. The van der Waals surface area contributed by atoms with Crippen LogP contribution in [0, 0.1) is 0 Å². The molecule has 0 aliphatic heterocycles. The van der Waals surface area contributed by atoms with Crippen molar-refractivity contribution in [2.24, 2.45) is 0 Å². The molecule has 1 aromatic heterocycles. The van der Waals surface area contributed by atoms with Crippen LogP contribution in [0.4, 0.5) is 0 Å². The van der Waals surface area contributed by atoms with E-state index in [1.807, 2.05) is 30.3 Å². The van der Waals surface area contributed by atoms with E-state index in [4.69, 9.17) is 0 Å². The Kier molecular flexibility index (Phi) is 2.98. The van der Waals surface area contributed by atoms with Crippen molar-refractivity contribution in [1.29, 1.82) is 0 Å². The number of carbonyl (C=O) groups excluding carboxylic acids is 1. The van der Waals surface area contributed by atoms with E-state index in [-0.39, 0.29) is 0 Å². The fourth-order valence-corrected chi connectivity index (χ4v) is 3.79. The van der Waals surface area contributed by atoms with Crippen molar-refractivity contribution in [2.75, 3.05) is 0 Å². The molecular weight excluding hydrogens is 306 g/mol. The first kappa shape index (κ1) is 14.0. The molecule has 0 radical (unpaired) electrons. The van der Waals surface area contributed by atoms with Crippen LogP contribution in [-0.4, -0.2) is 11.3 Å². The normalized spacial score (nSPS) is 11.4. The highest BCUT2D eigenvalue weighted by molar-refractivity contribution is 6.24. The van der Waals surface area contributed by atoms with Gasteiger partial charge in [-0.15, -0.1) is 0 Å². The molecule has 0 saturated heterocycles. The number of aromatic nitrogens is 1. The van der Waals surface area contributed by atoms with Gasteiger partial charge < -0.3 is 4.98 Å². The van der Waals surface area contributed by atoms with Crippen LogP contribution in [-0.2, 0) is 0 Å². The number of hydrogen-bond acceptors (Lipinski definition) is 1. The quantitative estimate of drug-likeness (QED) is 0.400. The van der Waals surface area contributed by atoms with Gasteiger partial charge in [0.25, 0.3) is 0 Å². The SMILES string of the molecule is O=Cc1ccccc1-c1cccc2[nH]c3ccc4ccccc4c3c12. The number of rotatable bonds is 2. The third kappa shape index (κ3) is 2.01. The molecule has 0 aliphatic rings. The predicted molar refractivity (Wildman–Crippen MR) is 104 cm³/mol. The molecule has 0 spiro atoms. The van der Waals surface area contributed by atoms with Crippen LogP contribution in [0.25, 0.3) is 43.7 Å². The first-order valence-corrected chi connectivity index (χ1v) is 8.33. The van der Waals surface area contributed by atoms with Crippen molar-refractivity contribution in [2.45, 2.75) is 0 Å². The summed E-state index contributed by atoms with van der Waals surface area (Å²) in [4.78, 5) is 15.1. The molecule has 2 heteroatoms. The predicted octanol–water partition coefficient (Wildman–Crippen LogP) is 5.95. The van der Waals surface area contributed by atoms with Crippen molar-refractivity contribution >= 4 is 38.9 Å². The van der Waals surface area contributed by atoms with E-state index >= 15 is 0 Å². The second-order valence-electron chi connectivity index (χ2n) is 6.27. The fourth-order valence-electron chi connectivity index (χ4n) is 3.79. The number of hydrogen-bond donors (Lipinski definition) is 1. The highest BCUT2D eigenvalue weighted by Crippen LogP contribution is 2.38. The summed E-state index contributed by atoms with van der Waals surface area (Å²) < 4.78 is 0. The Morgan fingerprint density at radius 1 is 0.640 bits per heavy atom. The maximum Gasteiger partial charge on any atom is 0.150 e. The molecule has 0 fully saturated rings. The summed E-state index contributed by atoms with van der Waals surface area (Å²) in [7, 11) is 0. The fraction of sp³-hybridized carbons (Fsp3) is 0. The van der Waals surface area contributed by atoms with E-state index in [1.54, 1.807) is 0 Å². The maximum atomic E-state index is 11.5. The smallest absolute Gasteiger partial charge is 0.150 e. The van der Waals surface area contributed by atoms with Crippen LogP contribution in [0.15, 0.2) is 78.9 Å². The Labute approximate surface area is 144 Å². The zero-order valence-electron chi connectivity index (χ0n) is 13.5. The van der Waals surface area contributed by atoms with Crippen molar-refractivity contribution in [3.05, 3.63) is 84.4 Å². The van der Waals surface area contributed by atoms with Crippen molar-refractivity contribution in [3.63, 3.8) is 0 Å². The summed E-state index contributed by atoms with van der Waals surface area (Å²) in [6.07, 6.45) is 0.932. The number of aromatic amines is 1. The second kappa shape index (κ2) is 5.32. The Hall–Kier alpha value is -3.39. The molecular formula is C23H15NO. The molecule has 0 saturated carbocycles. The van der Waals surface area contributed by atoms with Gasteiger partial charge in [-0.3, -0.25) is 4.79 Å². The molecule has 4 aromatic carbocycles. The highest BCUT2D eigenvalue weighted by atomic mass is 16.1. The molecule has 118 valence electrons. The molecule has 0 amide bonds. The number of fused-ring (bicyclic) bond motifs is 5. The van der Waals surface area contributed by atoms with Crippen LogP contribution in [0.2, 0.25) is 0 Å². The molecule has 0 atom stereocenters. The van der Waals surface area contributed by atoms with Gasteiger partial charge in [0, 0.05) is 27.4 Å². The van der Waals surface area contributed by atoms with Gasteiger partial charge in [-0.25, -0.2) is 0 Å². The first-order chi connectivity index (χ1) is 12.4. The van der Waals surface area contributed by atoms with Gasteiger partial charge in [0.2, 0.25) is 0 Å². The Morgan fingerprint density at radius 2 is 1.40 bits per heavy atom. The van der Waals surface area contributed by atoms with Crippen LogP contribution in [0.1, 0.15) is 10.4 Å². The molecule has 2 nitrogen and oxygen atoms in total. The number of nitrogens with one attached hydrogen (secondary N) is 1. The zero-order valence-corrected chi connectivity index (χ0v) is 13.5. The largest absolute Gasteiger partial charge is 0.354 e. The summed E-state index contributed by atoms with van der Waals surface area (Å²) in [5, 5.41) is 4.82. The van der Waals surface area contributed by atoms with Crippen LogP contribution >= 0.6 is 0 Å². The highest BCUT2D eigenvalue weighted by Gasteiger charge is 2.14. The van der Waals surface area contributed by atoms with Crippen LogP contribution in [0.5, 0.6) is 0 Å². The molecule has 0 unspecified atom stereocenters. The molecule has 0 bridgehead atoms. The van der Waals surface area contributed by atoms with E-state index in [2.05, 4.69) is 53.5 Å². The molecule has 1 heterocycles. The maximum absolute atomic E-state index is 11.5. The number of H-pyrrole nitrogens is 1. The minimum absolute atomic E-state index is 0.713.